The largest absolute Gasteiger partial charge is 0.352 e. The second kappa shape index (κ2) is 6.46. The van der Waals surface area contributed by atoms with Crippen molar-refractivity contribution in [3.63, 3.8) is 0 Å². The van der Waals surface area contributed by atoms with E-state index in [4.69, 9.17) is 0 Å². The van der Waals surface area contributed by atoms with Crippen LogP contribution in [0.1, 0.15) is 16.1 Å². The Balaban J connectivity index is 1.36. The molecule has 4 rings (SSSR count). The molecule has 0 fully saturated rings. The monoisotopic (exact) mass is 356 g/mol. The zero-order valence-electron chi connectivity index (χ0n) is 12.4. The fraction of sp³-hybridized carbons (Fsp3) is 0.133. The molecule has 1 N–H and O–H groups in total. The van der Waals surface area contributed by atoms with E-state index < -0.39 is 0 Å². The minimum absolute atomic E-state index is 0.118. The Morgan fingerprint density at radius 2 is 2.17 bits per heavy atom. The van der Waals surface area contributed by atoms with Crippen LogP contribution in [0.4, 0.5) is 0 Å². The summed E-state index contributed by atoms with van der Waals surface area (Å²) < 4.78 is 10.0. The Kier molecular flexibility index (Phi) is 4.01. The molecule has 0 radical (unpaired) electrons. The van der Waals surface area contributed by atoms with Crippen molar-refractivity contribution in [1.82, 2.24) is 28.8 Å². The molecule has 0 aliphatic heterocycles. The number of fused-ring (bicyclic) bond motifs is 1. The lowest BCUT2D eigenvalue weighted by Gasteiger charge is -2.04. The maximum Gasteiger partial charge on any atom is 0.251 e. The third-order valence-electron chi connectivity index (χ3n) is 3.42. The van der Waals surface area contributed by atoms with Gasteiger partial charge in [0.2, 0.25) is 5.13 Å². The summed E-state index contributed by atoms with van der Waals surface area (Å²) in [4.78, 5) is 16.7. The Morgan fingerprint density at radius 3 is 3.04 bits per heavy atom. The van der Waals surface area contributed by atoms with Crippen LogP contribution in [-0.2, 0) is 6.42 Å². The van der Waals surface area contributed by atoms with Crippen LogP contribution in [-0.4, -0.2) is 36.0 Å². The molecule has 4 aromatic rings. The molecule has 3 heterocycles. The third kappa shape index (κ3) is 3.03. The van der Waals surface area contributed by atoms with Gasteiger partial charge in [0, 0.05) is 36.3 Å². The van der Waals surface area contributed by atoms with Gasteiger partial charge in [0.25, 0.3) is 5.91 Å². The second-order valence-electron chi connectivity index (χ2n) is 5.05. The van der Waals surface area contributed by atoms with Crippen molar-refractivity contribution < 1.29 is 4.79 Å². The van der Waals surface area contributed by atoms with E-state index in [9.17, 15) is 4.79 Å². The number of nitrogens with zero attached hydrogens (tertiary/aromatic N) is 5. The summed E-state index contributed by atoms with van der Waals surface area (Å²) in [6.07, 6.45) is 4.24. The van der Waals surface area contributed by atoms with Gasteiger partial charge in [-0.2, -0.15) is 13.8 Å². The molecule has 0 atom stereocenters. The second-order valence-corrected chi connectivity index (χ2v) is 6.41. The number of aromatic nitrogens is 5. The molecule has 1 amide bonds. The first-order chi connectivity index (χ1) is 11.8. The number of benzene rings is 1. The number of hydrogen-bond acceptors (Lipinski definition) is 7. The summed E-state index contributed by atoms with van der Waals surface area (Å²) in [7, 11) is 0. The highest BCUT2D eigenvalue weighted by molar-refractivity contribution is 7.12. The van der Waals surface area contributed by atoms with E-state index in [0.29, 0.717) is 18.5 Å². The fourth-order valence-corrected chi connectivity index (χ4v) is 3.54. The average molecular weight is 356 g/mol. The van der Waals surface area contributed by atoms with E-state index >= 15 is 0 Å². The molecule has 9 heteroatoms. The molecule has 7 nitrogen and oxygen atoms in total. The standard InChI is InChI=1S/C15H12N6OS2/c22-14(10-2-3-12-13(8-10)20-24-19-12)16-6-4-11-9-23-15(18-11)21-7-1-5-17-21/h1-3,5,7-9H,4,6H2,(H,16,22). The molecule has 3 aromatic heterocycles. The molecule has 0 bridgehead atoms. The number of nitrogens with one attached hydrogen (secondary N) is 1. The molecule has 120 valence electrons. The SMILES string of the molecule is O=C(NCCc1csc(-n2cccn2)n1)c1ccc2nsnc2c1. The quantitative estimate of drug-likeness (QED) is 0.593. The minimum atomic E-state index is -0.118. The van der Waals surface area contributed by atoms with Gasteiger partial charge in [0.1, 0.15) is 11.0 Å². The zero-order valence-corrected chi connectivity index (χ0v) is 14.0. The number of carbonyl (C=O) groups excluding carboxylic acids is 1. The van der Waals surface area contributed by atoms with Crippen LogP contribution in [0.25, 0.3) is 16.2 Å². The summed E-state index contributed by atoms with van der Waals surface area (Å²) in [5.41, 5.74) is 3.08. The molecular formula is C15H12N6OS2. The predicted octanol–water partition coefficient (Wildman–Crippen LogP) is 2.31. The molecule has 0 unspecified atom stereocenters. The highest BCUT2D eigenvalue weighted by atomic mass is 32.1. The van der Waals surface area contributed by atoms with Gasteiger partial charge in [0.05, 0.1) is 17.4 Å². The number of amides is 1. The van der Waals surface area contributed by atoms with Gasteiger partial charge in [-0.25, -0.2) is 9.67 Å². The molecule has 0 saturated heterocycles. The first-order valence-corrected chi connectivity index (χ1v) is 8.85. The van der Waals surface area contributed by atoms with Crippen molar-refractivity contribution in [2.24, 2.45) is 0 Å². The lowest BCUT2D eigenvalue weighted by molar-refractivity contribution is 0.0954. The van der Waals surface area contributed by atoms with Crippen molar-refractivity contribution in [3.05, 3.63) is 53.3 Å². The van der Waals surface area contributed by atoms with E-state index in [1.165, 1.54) is 11.3 Å². The zero-order chi connectivity index (χ0) is 16.4. The molecule has 0 spiro atoms. The predicted molar refractivity (Wildman–Crippen MR) is 92.7 cm³/mol. The lowest BCUT2D eigenvalue weighted by atomic mass is 10.2. The minimum Gasteiger partial charge on any atom is -0.352 e. The van der Waals surface area contributed by atoms with Gasteiger partial charge in [-0.15, -0.1) is 11.3 Å². The van der Waals surface area contributed by atoms with Crippen LogP contribution in [0.2, 0.25) is 0 Å². The first kappa shape index (κ1) is 14.9. The molecule has 0 aliphatic rings. The Hall–Kier alpha value is -2.65. The van der Waals surface area contributed by atoms with Crippen molar-refractivity contribution in [2.75, 3.05) is 6.54 Å². The Morgan fingerprint density at radius 1 is 1.25 bits per heavy atom. The van der Waals surface area contributed by atoms with Gasteiger partial charge in [-0.05, 0) is 24.3 Å². The van der Waals surface area contributed by atoms with Gasteiger partial charge >= 0.3 is 0 Å². The van der Waals surface area contributed by atoms with E-state index in [1.807, 2.05) is 23.7 Å². The fourth-order valence-electron chi connectivity index (χ4n) is 2.23. The molecular weight excluding hydrogens is 344 g/mol. The summed E-state index contributed by atoms with van der Waals surface area (Å²) >= 11 is 2.67. The van der Waals surface area contributed by atoms with Crippen molar-refractivity contribution >= 4 is 40.0 Å². The summed E-state index contributed by atoms with van der Waals surface area (Å²) in [6, 6.07) is 7.19. The average Bonchev–Trinajstić information content (AvgIpc) is 3.34. The van der Waals surface area contributed by atoms with E-state index in [2.05, 4.69) is 24.1 Å². The van der Waals surface area contributed by atoms with Crippen molar-refractivity contribution in [3.8, 4) is 5.13 Å². The Bertz CT molecular complexity index is 975. The smallest absolute Gasteiger partial charge is 0.251 e. The normalized spacial score (nSPS) is 11.0. The van der Waals surface area contributed by atoms with E-state index in [-0.39, 0.29) is 5.91 Å². The molecule has 0 aliphatic carbocycles. The summed E-state index contributed by atoms with van der Waals surface area (Å²) in [6.45, 7) is 0.522. The van der Waals surface area contributed by atoms with Crippen molar-refractivity contribution in [1.29, 1.82) is 0 Å². The molecule has 0 saturated carbocycles. The highest BCUT2D eigenvalue weighted by Gasteiger charge is 2.09. The van der Waals surface area contributed by atoms with Gasteiger partial charge in [-0.3, -0.25) is 4.79 Å². The first-order valence-electron chi connectivity index (χ1n) is 7.24. The summed E-state index contributed by atoms with van der Waals surface area (Å²) in [5.74, 6) is -0.118. The van der Waals surface area contributed by atoms with Crippen LogP contribution in [0, 0.1) is 0 Å². The van der Waals surface area contributed by atoms with E-state index in [0.717, 1.165) is 33.6 Å². The van der Waals surface area contributed by atoms with Crippen LogP contribution >= 0.6 is 23.1 Å². The van der Waals surface area contributed by atoms with Gasteiger partial charge in [-0.1, -0.05) is 0 Å². The van der Waals surface area contributed by atoms with Crippen LogP contribution in [0.3, 0.4) is 0 Å². The number of thiazole rings is 1. The number of carbonyl (C=O) groups is 1. The molecule has 24 heavy (non-hydrogen) atoms. The Labute approximate surface area is 145 Å². The maximum atomic E-state index is 12.2. The summed E-state index contributed by atoms with van der Waals surface area (Å²) in [5, 5.41) is 9.86. The topological polar surface area (TPSA) is 85.6 Å². The van der Waals surface area contributed by atoms with Gasteiger partial charge in [0.15, 0.2) is 0 Å². The maximum absolute atomic E-state index is 12.2. The van der Waals surface area contributed by atoms with Crippen LogP contribution in [0.15, 0.2) is 42.0 Å². The van der Waals surface area contributed by atoms with Crippen molar-refractivity contribution in [2.45, 2.75) is 6.42 Å². The molecule has 1 aromatic carbocycles. The number of rotatable bonds is 5. The van der Waals surface area contributed by atoms with Gasteiger partial charge < -0.3 is 5.32 Å². The highest BCUT2D eigenvalue weighted by Crippen LogP contribution is 2.15. The van der Waals surface area contributed by atoms with Crippen LogP contribution < -0.4 is 5.32 Å². The van der Waals surface area contributed by atoms with E-state index in [1.54, 1.807) is 23.0 Å². The lowest BCUT2D eigenvalue weighted by Crippen LogP contribution is -2.25. The number of hydrogen-bond donors (Lipinski definition) is 1. The van der Waals surface area contributed by atoms with Crippen LogP contribution in [0.5, 0.6) is 0 Å². The third-order valence-corrected chi connectivity index (χ3v) is 4.86.